The Hall–Kier alpha value is -2.57. The van der Waals surface area contributed by atoms with Crippen LogP contribution in [-0.4, -0.2) is 21.9 Å². The number of halogens is 2. The van der Waals surface area contributed by atoms with Crippen LogP contribution >= 0.6 is 0 Å². The molecule has 1 aliphatic carbocycles. The first-order valence-electron chi connectivity index (χ1n) is 6.47. The van der Waals surface area contributed by atoms with Gasteiger partial charge in [-0.1, -0.05) is 0 Å². The summed E-state index contributed by atoms with van der Waals surface area (Å²) in [6, 6.07) is 3.67. The summed E-state index contributed by atoms with van der Waals surface area (Å²) < 4.78 is 25.9. The highest BCUT2D eigenvalue weighted by atomic mass is 19.2. The van der Waals surface area contributed by atoms with Crippen LogP contribution in [0.4, 0.5) is 20.3 Å². The molecular formula is C14H12F2N4O. The summed E-state index contributed by atoms with van der Waals surface area (Å²) in [5, 5.41) is 5.58. The topological polar surface area (TPSA) is 66.9 Å². The molecule has 7 heteroatoms. The Kier molecular flexibility index (Phi) is 3.47. The van der Waals surface area contributed by atoms with Crippen LogP contribution in [0.25, 0.3) is 0 Å². The zero-order chi connectivity index (χ0) is 14.8. The van der Waals surface area contributed by atoms with Gasteiger partial charge in [-0.15, -0.1) is 0 Å². The third-order valence-electron chi connectivity index (χ3n) is 2.99. The molecule has 0 unspecified atom stereocenters. The van der Waals surface area contributed by atoms with Gasteiger partial charge in [0.15, 0.2) is 11.6 Å². The second-order valence-electron chi connectivity index (χ2n) is 4.79. The molecule has 0 saturated heterocycles. The van der Waals surface area contributed by atoms with E-state index in [2.05, 4.69) is 20.6 Å². The van der Waals surface area contributed by atoms with E-state index < -0.39 is 11.6 Å². The lowest BCUT2D eigenvalue weighted by atomic mass is 10.3. The Balaban J connectivity index is 1.68. The van der Waals surface area contributed by atoms with Gasteiger partial charge in [-0.2, -0.15) is 0 Å². The van der Waals surface area contributed by atoms with Gasteiger partial charge in [-0.25, -0.2) is 18.7 Å². The van der Waals surface area contributed by atoms with Crippen molar-refractivity contribution in [1.82, 2.24) is 15.3 Å². The first kappa shape index (κ1) is 13.4. The van der Waals surface area contributed by atoms with Crippen molar-refractivity contribution in [3.8, 4) is 0 Å². The molecule has 5 nitrogen and oxygen atoms in total. The van der Waals surface area contributed by atoms with Crippen LogP contribution in [0.1, 0.15) is 23.3 Å². The molecular weight excluding hydrogens is 278 g/mol. The van der Waals surface area contributed by atoms with Crippen LogP contribution in [0.3, 0.4) is 0 Å². The van der Waals surface area contributed by atoms with Gasteiger partial charge >= 0.3 is 0 Å². The van der Waals surface area contributed by atoms with E-state index in [1.54, 1.807) is 0 Å². The van der Waals surface area contributed by atoms with Gasteiger partial charge in [0.1, 0.15) is 11.5 Å². The molecule has 2 N–H and O–H groups in total. The standard InChI is InChI=1S/C14H12F2N4O/c15-10-4-3-9(5-11(10)16)19-13-7-17-12(6-18-13)14(21)20-8-1-2-8/h3-8H,1-2H2,(H,18,19)(H,20,21). The Morgan fingerprint density at radius 2 is 1.95 bits per heavy atom. The molecule has 108 valence electrons. The molecule has 0 aliphatic heterocycles. The van der Waals surface area contributed by atoms with E-state index >= 15 is 0 Å². The van der Waals surface area contributed by atoms with Gasteiger partial charge in [-0.3, -0.25) is 4.79 Å². The highest BCUT2D eigenvalue weighted by Crippen LogP contribution is 2.19. The van der Waals surface area contributed by atoms with Crippen molar-refractivity contribution in [1.29, 1.82) is 0 Å². The lowest BCUT2D eigenvalue weighted by Gasteiger charge is -2.06. The van der Waals surface area contributed by atoms with Gasteiger partial charge < -0.3 is 10.6 Å². The average molecular weight is 290 g/mol. The number of hydrogen-bond acceptors (Lipinski definition) is 4. The van der Waals surface area contributed by atoms with Crippen LogP contribution < -0.4 is 10.6 Å². The average Bonchev–Trinajstić information content (AvgIpc) is 3.28. The first-order chi connectivity index (χ1) is 10.1. The molecule has 2 aromatic rings. The minimum absolute atomic E-state index is 0.220. The van der Waals surface area contributed by atoms with Crippen LogP contribution in [0.5, 0.6) is 0 Å². The number of rotatable bonds is 4. The van der Waals surface area contributed by atoms with Crippen molar-refractivity contribution in [3.05, 3.63) is 47.9 Å². The van der Waals surface area contributed by atoms with Gasteiger partial charge in [0, 0.05) is 17.8 Å². The molecule has 1 heterocycles. The first-order valence-corrected chi connectivity index (χ1v) is 6.47. The summed E-state index contributed by atoms with van der Waals surface area (Å²) in [6.07, 6.45) is 4.69. The second kappa shape index (κ2) is 5.43. The molecule has 1 amide bonds. The maximum Gasteiger partial charge on any atom is 0.271 e. The third-order valence-corrected chi connectivity index (χ3v) is 2.99. The fourth-order valence-electron chi connectivity index (χ4n) is 1.72. The van der Waals surface area contributed by atoms with Crippen molar-refractivity contribution >= 4 is 17.4 Å². The maximum absolute atomic E-state index is 13.1. The highest BCUT2D eigenvalue weighted by Gasteiger charge is 2.24. The van der Waals surface area contributed by atoms with E-state index in [1.165, 1.54) is 18.5 Å². The smallest absolute Gasteiger partial charge is 0.271 e. The predicted octanol–water partition coefficient (Wildman–Crippen LogP) is 2.39. The molecule has 0 atom stereocenters. The van der Waals surface area contributed by atoms with Crippen LogP contribution in [0.2, 0.25) is 0 Å². The summed E-state index contributed by atoms with van der Waals surface area (Å²) in [7, 11) is 0. The highest BCUT2D eigenvalue weighted by molar-refractivity contribution is 5.92. The summed E-state index contributed by atoms with van der Waals surface area (Å²) >= 11 is 0. The van der Waals surface area contributed by atoms with Gasteiger partial charge in [0.2, 0.25) is 0 Å². The lowest BCUT2D eigenvalue weighted by Crippen LogP contribution is -2.26. The molecule has 3 rings (SSSR count). The summed E-state index contributed by atoms with van der Waals surface area (Å²) in [5.41, 5.74) is 0.566. The monoisotopic (exact) mass is 290 g/mol. The lowest BCUT2D eigenvalue weighted by molar-refractivity contribution is 0.0945. The summed E-state index contributed by atoms with van der Waals surface area (Å²) in [4.78, 5) is 19.7. The second-order valence-corrected chi connectivity index (χ2v) is 4.79. The van der Waals surface area contributed by atoms with E-state index in [0.29, 0.717) is 11.5 Å². The molecule has 1 fully saturated rings. The number of carbonyl (C=O) groups excluding carboxylic acids is 1. The molecule has 1 aliphatic rings. The minimum Gasteiger partial charge on any atom is -0.348 e. The number of nitrogens with one attached hydrogen (secondary N) is 2. The molecule has 1 saturated carbocycles. The van der Waals surface area contributed by atoms with E-state index in [-0.39, 0.29) is 17.6 Å². The SMILES string of the molecule is O=C(NC1CC1)c1cnc(Nc2ccc(F)c(F)c2)cn1. The quantitative estimate of drug-likeness (QED) is 0.907. The molecule has 0 radical (unpaired) electrons. The zero-order valence-electron chi connectivity index (χ0n) is 10.9. The number of amides is 1. The van der Waals surface area contributed by atoms with Crippen LogP contribution in [0.15, 0.2) is 30.6 Å². The molecule has 21 heavy (non-hydrogen) atoms. The Labute approximate surface area is 119 Å². The van der Waals surface area contributed by atoms with E-state index in [0.717, 1.165) is 25.0 Å². The maximum atomic E-state index is 13.1. The van der Waals surface area contributed by atoms with Crippen LogP contribution in [0, 0.1) is 11.6 Å². The van der Waals surface area contributed by atoms with Crippen molar-refractivity contribution in [2.45, 2.75) is 18.9 Å². The Bertz CT molecular complexity index is 671. The van der Waals surface area contributed by atoms with Gasteiger partial charge in [0.25, 0.3) is 5.91 Å². The summed E-state index contributed by atoms with van der Waals surface area (Å²) in [6.45, 7) is 0. The number of hydrogen-bond donors (Lipinski definition) is 2. The van der Waals surface area contributed by atoms with Gasteiger partial charge in [-0.05, 0) is 25.0 Å². The van der Waals surface area contributed by atoms with E-state index in [4.69, 9.17) is 0 Å². The normalized spacial score (nSPS) is 13.8. The number of anilines is 2. The zero-order valence-corrected chi connectivity index (χ0v) is 10.9. The number of aromatic nitrogens is 2. The van der Waals surface area contributed by atoms with Crippen LogP contribution in [-0.2, 0) is 0 Å². The molecule has 1 aromatic heterocycles. The number of benzene rings is 1. The third kappa shape index (κ3) is 3.31. The van der Waals surface area contributed by atoms with Crippen molar-refractivity contribution in [2.75, 3.05) is 5.32 Å². The number of nitrogens with zero attached hydrogens (tertiary/aromatic N) is 2. The van der Waals surface area contributed by atoms with Crippen molar-refractivity contribution in [2.24, 2.45) is 0 Å². The fraction of sp³-hybridized carbons (Fsp3) is 0.214. The van der Waals surface area contributed by atoms with Crippen molar-refractivity contribution in [3.63, 3.8) is 0 Å². The van der Waals surface area contributed by atoms with E-state index in [9.17, 15) is 13.6 Å². The predicted molar refractivity (Wildman–Crippen MR) is 72.2 cm³/mol. The molecule has 1 aromatic carbocycles. The largest absolute Gasteiger partial charge is 0.348 e. The van der Waals surface area contributed by atoms with Crippen molar-refractivity contribution < 1.29 is 13.6 Å². The van der Waals surface area contributed by atoms with E-state index in [1.807, 2.05) is 0 Å². The molecule has 0 spiro atoms. The van der Waals surface area contributed by atoms with Gasteiger partial charge in [0.05, 0.1) is 12.4 Å². The Morgan fingerprint density at radius 3 is 2.57 bits per heavy atom. The number of carbonyl (C=O) groups is 1. The Morgan fingerprint density at radius 1 is 1.14 bits per heavy atom. The fourth-order valence-corrected chi connectivity index (χ4v) is 1.72. The molecule has 0 bridgehead atoms. The summed E-state index contributed by atoms with van der Waals surface area (Å²) in [5.74, 6) is -1.79. The minimum atomic E-state index is -0.951.